The van der Waals surface area contributed by atoms with Crippen LogP contribution in [0.25, 0.3) is 0 Å². The van der Waals surface area contributed by atoms with Gasteiger partial charge in [-0.15, -0.1) is 0 Å². The molecular weight excluding hydrogens is 254 g/mol. The Bertz CT molecular complexity index is 262. The highest BCUT2D eigenvalue weighted by atomic mass is 79.9. The van der Waals surface area contributed by atoms with Gasteiger partial charge in [-0.3, -0.25) is 0 Å². The Labute approximate surface area is 89.8 Å². The van der Waals surface area contributed by atoms with Gasteiger partial charge >= 0.3 is 6.09 Å². The number of aliphatic hydroxyl groups excluding tert-OH is 2. The predicted octanol–water partition coefficient (Wildman–Crippen LogP) is -0.305. The Morgan fingerprint density at radius 3 is 2.86 bits per heavy atom. The molecule has 5 nitrogen and oxygen atoms in total. The number of halogens is 1. The summed E-state index contributed by atoms with van der Waals surface area (Å²) in [5, 5.41) is 19.5. The summed E-state index contributed by atoms with van der Waals surface area (Å²) in [6.45, 7) is 0. The summed E-state index contributed by atoms with van der Waals surface area (Å²) in [7, 11) is 1.57. The Morgan fingerprint density at radius 1 is 1.57 bits per heavy atom. The van der Waals surface area contributed by atoms with Gasteiger partial charge in [-0.1, -0.05) is 15.9 Å². The van der Waals surface area contributed by atoms with Gasteiger partial charge in [0, 0.05) is 11.9 Å². The second kappa shape index (κ2) is 3.36. The maximum atomic E-state index is 11.2. The zero-order valence-corrected chi connectivity index (χ0v) is 9.22. The van der Waals surface area contributed by atoms with Crippen molar-refractivity contribution >= 4 is 22.0 Å². The SMILES string of the molecule is CN1C(=O)O[C@H]2[C@@H](O)[C@H](Br)C[C@@H](O)[C@H]21. The molecule has 1 amide bonds. The molecule has 0 unspecified atom stereocenters. The van der Waals surface area contributed by atoms with Crippen molar-refractivity contribution in [3.8, 4) is 0 Å². The first-order valence-electron chi connectivity index (χ1n) is 4.46. The van der Waals surface area contributed by atoms with E-state index in [1.807, 2.05) is 0 Å². The summed E-state index contributed by atoms with van der Waals surface area (Å²) < 4.78 is 4.98. The van der Waals surface area contributed by atoms with E-state index in [0.29, 0.717) is 6.42 Å². The number of aliphatic hydroxyl groups is 2. The largest absolute Gasteiger partial charge is 0.441 e. The van der Waals surface area contributed by atoms with Crippen molar-refractivity contribution in [1.29, 1.82) is 0 Å². The lowest BCUT2D eigenvalue weighted by Crippen LogP contribution is -2.55. The van der Waals surface area contributed by atoms with Crippen LogP contribution in [0, 0.1) is 0 Å². The second-order valence-corrected chi connectivity index (χ2v) is 4.94. The summed E-state index contributed by atoms with van der Waals surface area (Å²) in [6.07, 6.45) is -2.09. The number of hydrogen-bond donors (Lipinski definition) is 2. The molecule has 80 valence electrons. The van der Waals surface area contributed by atoms with Gasteiger partial charge in [0.1, 0.15) is 12.1 Å². The maximum Gasteiger partial charge on any atom is 0.410 e. The fourth-order valence-electron chi connectivity index (χ4n) is 2.08. The highest BCUT2D eigenvalue weighted by Crippen LogP contribution is 2.34. The van der Waals surface area contributed by atoms with Crippen molar-refractivity contribution in [2.75, 3.05) is 7.05 Å². The average Bonchev–Trinajstić information content (AvgIpc) is 2.40. The third-order valence-corrected chi connectivity index (χ3v) is 3.79. The highest BCUT2D eigenvalue weighted by molar-refractivity contribution is 9.09. The van der Waals surface area contributed by atoms with Crippen molar-refractivity contribution in [2.24, 2.45) is 0 Å². The molecule has 14 heavy (non-hydrogen) atoms. The van der Waals surface area contributed by atoms with E-state index in [4.69, 9.17) is 4.74 Å². The number of fused-ring (bicyclic) bond motifs is 1. The second-order valence-electron chi connectivity index (χ2n) is 3.76. The number of likely N-dealkylation sites (N-methyl/N-ethyl adjacent to an activating group) is 1. The molecule has 1 saturated carbocycles. The molecule has 2 aliphatic rings. The van der Waals surface area contributed by atoms with Crippen molar-refractivity contribution < 1.29 is 19.7 Å². The number of alkyl halides is 1. The third-order valence-electron chi connectivity index (χ3n) is 2.88. The smallest absolute Gasteiger partial charge is 0.410 e. The van der Waals surface area contributed by atoms with Crippen LogP contribution in [-0.4, -0.2) is 57.4 Å². The highest BCUT2D eigenvalue weighted by Gasteiger charge is 2.52. The van der Waals surface area contributed by atoms with Gasteiger partial charge in [0.15, 0.2) is 6.10 Å². The van der Waals surface area contributed by atoms with Crippen LogP contribution in [0.15, 0.2) is 0 Å². The van der Waals surface area contributed by atoms with E-state index in [9.17, 15) is 15.0 Å². The van der Waals surface area contributed by atoms with Gasteiger partial charge in [-0.25, -0.2) is 4.79 Å². The van der Waals surface area contributed by atoms with E-state index in [-0.39, 0.29) is 4.83 Å². The van der Waals surface area contributed by atoms with Crippen LogP contribution in [0.4, 0.5) is 4.79 Å². The van der Waals surface area contributed by atoms with Gasteiger partial charge in [0.2, 0.25) is 0 Å². The van der Waals surface area contributed by atoms with Crippen molar-refractivity contribution in [3.63, 3.8) is 0 Å². The minimum Gasteiger partial charge on any atom is -0.441 e. The lowest BCUT2D eigenvalue weighted by atomic mass is 9.87. The van der Waals surface area contributed by atoms with E-state index in [1.165, 1.54) is 4.90 Å². The van der Waals surface area contributed by atoms with Crippen molar-refractivity contribution in [3.05, 3.63) is 0 Å². The Morgan fingerprint density at radius 2 is 2.21 bits per heavy atom. The van der Waals surface area contributed by atoms with E-state index in [1.54, 1.807) is 7.05 Å². The van der Waals surface area contributed by atoms with Crippen LogP contribution < -0.4 is 0 Å². The summed E-state index contributed by atoms with van der Waals surface area (Å²) >= 11 is 3.25. The average molecular weight is 266 g/mol. The number of carbonyl (C=O) groups excluding carboxylic acids is 1. The fraction of sp³-hybridized carbons (Fsp3) is 0.875. The molecular formula is C8H12BrNO4. The molecule has 0 spiro atoms. The molecule has 6 heteroatoms. The summed E-state index contributed by atoms with van der Waals surface area (Å²) in [4.78, 5) is 12.3. The van der Waals surface area contributed by atoms with Crippen LogP contribution in [0.3, 0.4) is 0 Å². The zero-order chi connectivity index (χ0) is 10.5. The van der Waals surface area contributed by atoms with Crippen molar-refractivity contribution in [1.82, 2.24) is 4.90 Å². The van der Waals surface area contributed by atoms with Gasteiger partial charge < -0.3 is 19.8 Å². The van der Waals surface area contributed by atoms with E-state index in [2.05, 4.69) is 15.9 Å². The summed E-state index contributed by atoms with van der Waals surface area (Å²) in [5.74, 6) is 0. The Kier molecular flexibility index (Phi) is 2.45. The first kappa shape index (κ1) is 10.2. The molecule has 1 saturated heterocycles. The number of nitrogens with zero attached hydrogens (tertiary/aromatic N) is 1. The van der Waals surface area contributed by atoms with Gasteiger partial charge in [0.25, 0.3) is 0 Å². The van der Waals surface area contributed by atoms with Crippen LogP contribution >= 0.6 is 15.9 Å². The summed E-state index contributed by atoms with van der Waals surface area (Å²) in [5.41, 5.74) is 0. The lowest BCUT2D eigenvalue weighted by Gasteiger charge is -2.36. The van der Waals surface area contributed by atoms with E-state index >= 15 is 0 Å². The number of carbonyl (C=O) groups is 1. The van der Waals surface area contributed by atoms with Crippen LogP contribution in [0.2, 0.25) is 0 Å². The van der Waals surface area contributed by atoms with Gasteiger partial charge in [-0.2, -0.15) is 0 Å². The third kappa shape index (κ3) is 1.32. The minimum atomic E-state index is -0.753. The topological polar surface area (TPSA) is 70.0 Å². The van der Waals surface area contributed by atoms with Crippen molar-refractivity contribution in [2.45, 2.75) is 35.6 Å². The standard InChI is InChI=1S/C8H12BrNO4/c1-10-5-4(11)2-3(9)6(12)7(5)14-8(10)13/h3-7,11-12H,2H2,1H3/t3-,4-,5-,6+,7-/m1/s1. The molecule has 0 radical (unpaired) electrons. The van der Waals surface area contributed by atoms with E-state index in [0.717, 1.165) is 0 Å². The minimum absolute atomic E-state index is 0.224. The van der Waals surface area contributed by atoms with Crippen LogP contribution in [0.5, 0.6) is 0 Å². The number of ether oxygens (including phenoxy) is 1. The van der Waals surface area contributed by atoms with Gasteiger partial charge in [-0.05, 0) is 6.42 Å². The monoisotopic (exact) mass is 265 g/mol. The fourth-order valence-corrected chi connectivity index (χ4v) is 2.76. The quantitative estimate of drug-likeness (QED) is 0.590. The molecule has 1 aliphatic carbocycles. The lowest BCUT2D eigenvalue weighted by molar-refractivity contribution is -0.0489. The van der Waals surface area contributed by atoms with Crippen LogP contribution in [-0.2, 0) is 4.74 Å². The molecule has 0 aromatic carbocycles. The molecule has 1 heterocycles. The maximum absolute atomic E-state index is 11.2. The Hall–Kier alpha value is -0.330. The molecule has 2 rings (SSSR count). The Balaban J connectivity index is 2.24. The predicted molar refractivity (Wildman–Crippen MR) is 51.2 cm³/mol. The molecule has 1 aliphatic heterocycles. The number of rotatable bonds is 0. The van der Waals surface area contributed by atoms with Crippen LogP contribution in [0.1, 0.15) is 6.42 Å². The molecule has 0 aromatic rings. The van der Waals surface area contributed by atoms with E-state index < -0.39 is 30.4 Å². The molecule has 5 atom stereocenters. The molecule has 2 fully saturated rings. The normalized spacial score (nSPS) is 47.6. The first-order valence-corrected chi connectivity index (χ1v) is 5.37. The van der Waals surface area contributed by atoms with Gasteiger partial charge in [0.05, 0.1) is 6.10 Å². The number of hydrogen-bond acceptors (Lipinski definition) is 4. The number of amides is 1. The molecule has 0 aromatic heterocycles. The zero-order valence-electron chi connectivity index (χ0n) is 7.63. The molecule has 0 bridgehead atoms. The first-order chi connectivity index (χ1) is 6.52. The summed E-state index contributed by atoms with van der Waals surface area (Å²) in [6, 6.07) is -0.425. The molecule has 2 N–H and O–H groups in total.